The number of ether oxygens (including phenoxy) is 1. The van der Waals surface area contributed by atoms with Crippen molar-refractivity contribution >= 4 is 58.0 Å². The highest BCUT2D eigenvalue weighted by molar-refractivity contribution is 6.31. The summed E-state index contributed by atoms with van der Waals surface area (Å²) in [6.07, 6.45) is 0. The Kier molecular flexibility index (Phi) is 8.23. The molecule has 0 saturated carbocycles. The molecule has 3 aromatic carbocycles. The molecule has 0 unspecified atom stereocenters. The van der Waals surface area contributed by atoms with E-state index in [0.717, 1.165) is 37.6 Å². The van der Waals surface area contributed by atoms with Gasteiger partial charge in [-0.3, -0.25) is 0 Å². The molecule has 188 valence electrons. The maximum absolute atomic E-state index is 12.8. The van der Waals surface area contributed by atoms with Crippen molar-refractivity contribution in [3.05, 3.63) is 81.8 Å². The Hall–Kier alpha value is -3.42. The lowest BCUT2D eigenvalue weighted by molar-refractivity contribution is 0.0526. The monoisotopic (exact) mass is 526 g/mol. The fraction of sp³-hybridized carbons (Fsp3) is 0.259. The summed E-state index contributed by atoms with van der Waals surface area (Å²) < 4.78 is 5.15. The van der Waals surface area contributed by atoms with Crippen molar-refractivity contribution in [2.45, 2.75) is 13.8 Å². The van der Waals surface area contributed by atoms with Crippen molar-refractivity contribution < 1.29 is 14.3 Å². The summed E-state index contributed by atoms with van der Waals surface area (Å²) >= 11 is 12.2. The number of benzene rings is 3. The molecule has 3 aromatic rings. The van der Waals surface area contributed by atoms with Crippen LogP contribution in [0, 0.1) is 6.92 Å². The molecule has 0 spiro atoms. The normalized spacial score (nSPS) is 13.3. The number of amides is 2. The second kappa shape index (κ2) is 11.5. The predicted octanol–water partition coefficient (Wildman–Crippen LogP) is 6.45. The molecule has 2 N–H and O–H groups in total. The lowest BCUT2D eigenvalue weighted by atomic mass is 10.1. The van der Waals surface area contributed by atoms with Crippen molar-refractivity contribution in [1.29, 1.82) is 0 Å². The third kappa shape index (κ3) is 6.22. The summed E-state index contributed by atoms with van der Waals surface area (Å²) in [5.41, 5.74) is 4.63. The minimum Gasteiger partial charge on any atom is -0.462 e. The van der Waals surface area contributed by atoms with Gasteiger partial charge in [-0.15, -0.1) is 0 Å². The second-order valence-electron chi connectivity index (χ2n) is 8.44. The number of aryl methyl sites for hydroxylation is 1. The molecule has 1 aliphatic rings. The largest absolute Gasteiger partial charge is 0.462 e. The predicted molar refractivity (Wildman–Crippen MR) is 147 cm³/mol. The summed E-state index contributed by atoms with van der Waals surface area (Å²) in [4.78, 5) is 29.7. The molecule has 0 bridgehead atoms. The van der Waals surface area contributed by atoms with E-state index in [1.807, 2.05) is 24.3 Å². The number of anilines is 4. The van der Waals surface area contributed by atoms with Crippen LogP contribution >= 0.6 is 23.2 Å². The van der Waals surface area contributed by atoms with E-state index in [0.29, 0.717) is 27.0 Å². The van der Waals surface area contributed by atoms with Gasteiger partial charge < -0.3 is 25.2 Å². The van der Waals surface area contributed by atoms with E-state index >= 15 is 0 Å². The van der Waals surface area contributed by atoms with E-state index in [1.165, 1.54) is 5.56 Å². The molecule has 36 heavy (non-hydrogen) atoms. The zero-order chi connectivity index (χ0) is 25.7. The van der Waals surface area contributed by atoms with E-state index in [4.69, 9.17) is 27.9 Å². The molecule has 0 radical (unpaired) electrons. The third-order valence-corrected chi connectivity index (χ3v) is 6.48. The van der Waals surface area contributed by atoms with Crippen LogP contribution in [0.2, 0.25) is 10.0 Å². The molecular formula is C27H28Cl2N4O3. The van der Waals surface area contributed by atoms with Gasteiger partial charge in [0, 0.05) is 47.6 Å². The molecule has 0 atom stereocenters. The average molecular weight is 527 g/mol. The second-order valence-corrected chi connectivity index (χ2v) is 9.32. The molecule has 1 aliphatic heterocycles. The van der Waals surface area contributed by atoms with Crippen LogP contribution in [0.1, 0.15) is 22.8 Å². The van der Waals surface area contributed by atoms with Crippen LogP contribution in [-0.2, 0) is 4.74 Å². The Balaban J connectivity index is 1.53. The molecule has 1 heterocycles. The summed E-state index contributed by atoms with van der Waals surface area (Å²) in [7, 11) is 0. The van der Waals surface area contributed by atoms with Gasteiger partial charge in [-0.2, -0.15) is 0 Å². The number of piperazine rings is 1. The first-order chi connectivity index (χ1) is 17.3. The smallest absolute Gasteiger partial charge is 0.338 e. The zero-order valence-corrected chi connectivity index (χ0v) is 21.7. The van der Waals surface area contributed by atoms with Crippen molar-refractivity contribution in [1.82, 2.24) is 0 Å². The number of nitrogens with zero attached hydrogens (tertiary/aromatic N) is 2. The van der Waals surface area contributed by atoms with Crippen LogP contribution < -0.4 is 20.4 Å². The maximum atomic E-state index is 12.8. The standard InChI is InChI=1S/C27H28Cl2N4O3/c1-3-36-26(34)19-5-11-24(23(16-19)31-27(35)30-22-9-7-20(28)8-10-22)32-12-14-33(15-13-32)25-17-21(29)6-4-18(25)2/h4-11,16-17H,3,12-15H2,1-2H3,(H2,30,31,35). The fourth-order valence-electron chi connectivity index (χ4n) is 4.18. The van der Waals surface area contributed by atoms with Crippen LogP contribution in [0.5, 0.6) is 0 Å². The highest BCUT2D eigenvalue weighted by Gasteiger charge is 2.22. The van der Waals surface area contributed by atoms with Gasteiger partial charge in [0.2, 0.25) is 0 Å². The Labute approximate surface area is 220 Å². The topological polar surface area (TPSA) is 73.9 Å². The number of halogens is 2. The van der Waals surface area contributed by atoms with E-state index in [1.54, 1.807) is 43.3 Å². The summed E-state index contributed by atoms with van der Waals surface area (Å²) in [5, 5.41) is 7.00. The number of urea groups is 1. The fourth-order valence-corrected chi connectivity index (χ4v) is 4.48. The quantitative estimate of drug-likeness (QED) is 0.361. The SMILES string of the molecule is CCOC(=O)c1ccc(N2CCN(c3cc(Cl)ccc3C)CC2)c(NC(=O)Nc2ccc(Cl)cc2)c1. The van der Waals surface area contributed by atoms with E-state index in [-0.39, 0.29) is 6.61 Å². The summed E-state index contributed by atoms with van der Waals surface area (Å²) in [6.45, 7) is 7.15. The zero-order valence-electron chi connectivity index (χ0n) is 20.2. The van der Waals surface area contributed by atoms with Gasteiger partial charge in [-0.05, 0) is 74.0 Å². The van der Waals surface area contributed by atoms with E-state index in [9.17, 15) is 9.59 Å². The molecule has 4 rings (SSSR count). The molecular weight excluding hydrogens is 499 g/mol. The highest BCUT2D eigenvalue weighted by Crippen LogP contribution is 2.31. The highest BCUT2D eigenvalue weighted by atomic mass is 35.5. The van der Waals surface area contributed by atoms with Crippen molar-refractivity contribution in [2.75, 3.05) is 53.2 Å². The average Bonchev–Trinajstić information content (AvgIpc) is 2.87. The minimum absolute atomic E-state index is 0.269. The third-order valence-electron chi connectivity index (χ3n) is 5.99. The van der Waals surface area contributed by atoms with Gasteiger partial charge in [0.05, 0.1) is 23.5 Å². The van der Waals surface area contributed by atoms with Crippen LogP contribution in [0.4, 0.5) is 27.5 Å². The van der Waals surface area contributed by atoms with Crippen LogP contribution in [-0.4, -0.2) is 44.8 Å². The van der Waals surface area contributed by atoms with Crippen LogP contribution in [0.3, 0.4) is 0 Å². The number of carbonyl (C=O) groups excluding carboxylic acids is 2. The molecule has 1 fully saturated rings. The molecule has 0 aliphatic carbocycles. The minimum atomic E-state index is -0.438. The first-order valence-corrected chi connectivity index (χ1v) is 12.5. The molecule has 2 amide bonds. The number of carbonyl (C=O) groups is 2. The van der Waals surface area contributed by atoms with Gasteiger partial charge in [0.1, 0.15) is 0 Å². The van der Waals surface area contributed by atoms with E-state index < -0.39 is 12.0 Å². The van der Waals surface area contributed by atoms with E-state index in [2.05, 4.69) is 27.4 Å². The van der Waals surface area contributed by atoms with Gasteiger partial charge in [-0.1, -0.05) is 29.3 Å². The van der Waals surface area contributed by atoms with Gasteiger partial charge >= 0.3 is 12.0 Å². The maximum Gasteiger partial charge on any atom is 0.338 e. The lowest BCUT2D eigenvalue weighted by Crippen LogP contribution is -2.47. The lowest BCUT2D eigenvalue weighted by Gasteiger charge is -2.38. The van der Waals surface area contributed by atoms with Crippen molar-refractivity contribution in [3.63, 3.8) is 0 Å². The molecule has 7 nitrogen and oxygen atoms in total. The van der Waals surface area contributed by atoms with Crippen molar-refractivity contribution in [2.24, 2.45) is 0 Å². The Morgan fingerprint density at radius 3 is 2.14 bits per heavy atom. The van der Waals surface area contributed by atoms with Crippen molar-refractivity contribution in [3.8, 4) is 0 Å². The Bertz CT molecular complexity index is 1240. The molecule has 9 heteroatoms. The molecule has 1 saturated heterocycles. The number of hydrogen-bond donors (Lipinski definition) is 2. The van der Waals surface area contributed by atoms with Gasteiger partial charge in [0.15, 0.2) is 0 Å². The first kappa shape index (κ1) is 25.7. The van der Waals surface area contributed by atoms with Crippen LogP contribution in [0.25, 0.3) is 0 Å². The van der Waals surface area contributed by atoms with Crippen LogP contribution in [0.15, 0.2) is 60.7 Å². The number of rotatable bonds is 6. The number of esters is 1. The Morgan fingerprint density at radius 2 is 1.47 bits per heavy atom. The molecule has 0 aromatic heterocycles. The number of hydrogen-bond acceptors (Lipinski definition) is 5. The Morgan fingerprint density at radius 1 is 0.833 bits per heavy atom. The first-order valence-electron chi connectivity index (χ1n) is 11.7. The summed E-state index contributed by atoms with van der Waals surface area (Å²) in [6, 6.07) is 17.6. The van der Waals surface area contributed by atoms with Gasteiger partial charge in [-0.25, -0.2) is 9.59 Å². The van der Waals surface area contributed by atoms with Gasteiger partial charge in [0.25, 0.3) is 0 Å². The summed E-state index contributed by atoms with van der Waals surface area (Å²) in [5.74, 6) is -0.438. The number of nitrogens with one attached hydrogen (secondary N) is 2.